The molecule has 6 heteroatoms. The fraction of sp³-hybridized carbons (Fsp3) is 0.188. The molecule has 0 aliphatic rings. The van der Waals surface area contributed by atoms with Gasteiger partial charge in [0.1, 0.15) is 11.5 Å². The molecule has 1 N–H and O–H groups in total. The molecule has 0 radical (unpaired) electrons. The first-order valence-electron chi connectivity index (χ1n) is 6.53. The van der Waals surface area contributed by atoms with Crippen molar-refractivity contribution in [1.29, 1.82) is 0 Å². The lowest BCUT2D eigenvalue weighted by atomic mass is 10.2. The second kappa shape index (κ2) is 7.51. The van der Waals surface area contributed by atoms with Crippen molar-refractivity contribution < 1.29 is 28.2 Å². The summed E-state index contributed by atoms with van der Waals surface area (Å²) >= 11 is 0. The van der Waals surface area contributed by atoms with E-state index in [9.17, 15) is 13.6 Å². The molecular formula is C16H14F2O4. The van der Waals surface area contributed by atoms with Crippen LogP contribution >= 0.6 is 0 Å². The first-order chi connectivity index (χ1) is 10.6. The third-order valence-electron chi connectivity index (χ3n) is 2.79. The molecule has 0 aliphatic heterocycles. The summed E-state index contributed by atoms with van der Waals surface area (Å²) in [7, 11) is 0. The minimum absolute atomic E-state index is 0.0968. The SMILES string of the molecule is O=C(OC(CO)C(F)F)c1ccc(Oc2ccccc2)cc1. The van der Waals surface area contributed by atoms with Gasteiger partial charge in [0.2, 0.25) is 0 Å². The third-order valence-corrected chi connectivity index (χ3v) is 2.79. The van der Waals surface area contributed by atoms with E-state index in [1.54, 1.807) is 12.1 Å². The van der Waals surface area contributed by atoms with Crippen molar-refractivity contribution in [3.05, 3.63) is 60.2 Å². The minimum atomic E-state index is -2.94. The number of alkyl halides is 2. The number of ether oxygens (including phenoxy) is 2. The summed E-state index contributed by atoms with van der Waals surface area (Å²) in [6.07, 6.45) is -4.76. The van der Waals surface area contributed by atoms with E-state index in [-0.39, 0.29) is 5.56 Å². The van der Waals surface area contributed by atoms with Gasteiger partial charge >= 0.3 is 5.97 Å². The highest BCUT2D eigenvalue weighted by Crippen LogP contribution is 2.21. The number of rotatable bonds is 6. The first kappa shape index (κ1) is 15.9. The van der Waals surface area contributed by atoms with Gasteiger partial charge in [-0.2, -0.15) is 0 Å². The molecule has 1 atom stereocenters. The van der Waals surface area contributed by atoms with Crippen LogP contribution in [0.4, 0.5) is 8.78 Å². The Morgan fingerprint density at radius 1 is 1.00 bits per heavy atom. The summed E-state index contributed by atoms with van der Waals surface area (Å²) in [6.45, 7) is -0.932. The number of benzene rings is 2. The molecule has 1 unspecified atom stereocenters. The smallest absolute Gasteiger partial charge is 0.338 e. The van der Waals surface area contributed by atoms with Gasteiger partial charge in [0.15, 0.2) is 6.10 Å². The highest BCUT2D eigenvalue weighted by molar-refractivity contribution is 5.89. The number of carbonyl (C=O) groups is 1. The maximum atomic E-state index is 12.4. The van der Waals surface area contributed by atoms with Crippen molar-refractivity contribution >= 4 is 5.97 Å². The van der Waals surface area contributed by atoms with Crippen molar-refractivity contribution in [2.75, 3.05) is 6.61 Å². The Morgan fingerprint density at radius 3 is 2.14 bits per heavy atom. The first-order valence-corrected chi connectivity index (χ1v) is 6.53. The maximum absolute atomic E-state index is 12.4. The van der Waals surface area contributed by atoms with Crippen LogP contribution in [0.1, 0.15) is 10.4 Å². The molecule has 0 saturated heterocycles. The molecule has 22 heavy (non-hydrogen) atoms. The molecule has 0 bridgehead atoms. The van der Waals surface area contributed by atoms with Crippen LogP contribution in [0.25, 0.3) is 0 Å². The summed E-state index contributed by atoms with van der Waals surface area (Å²) < 4.78 is 34.9. The number of aliphatic hydroxyl groups excluding tert-OH is 1. The van der Waals surface area contributed by atoms with Crippen molar-refractivity contribution in [1.82, 2.24) is 0 Å². The topological polar surface area (TPSA) is 55.8 Å². The molecule has 116 valence electrons. The lowest BCUT2D eigenvalue weighted by Crippen LogP contribution is -2.29. The van der Waals surface area contributed by atoms with Crippen molar-refractivity contribution in [2.24, 2.45) is 0 Å². The molecule has 0 spiro atoms. The molecule has 0 heterocycles. The summed E-state index contributed by atoms with van der Waals surface area (Å²) in [6, 6.07) is 14.9. The number of hydrogen-bond donors (Lipinski definition) is 1. The van der Waals surface area contributed by atoms with Gasteiger partial charge in [0.05, 0.1) is 12.2 Å². The second-order valence-electron chi connectivity index (χ2n) is 4.40. The van der Waals surface area contributed by atoms with Crippen LogP contribution in [0.5, 0.6) is 11.5 Å². The Hall–Kier alpha value is -2.47. The van der Waals surface area contributed by atoms with Crippen LogP contribution in [0.2, 0.25) is 0 Å². The molecular weight excluding hydrogens is 294 g/mol. The van der Waals surface area contributed by atoms with Gasteiger partial charge in [-0.1, -0.05) is 18.2 Å². The molecule has 2 aromatic carbocycles. The lowest BCUT2D eigenvalue weighted by Gasteiger charge is -2.14. The molecule has 0 aromatic heterocycles. The number of halogens is 2. The van der Waals surface area contributed by atoms with E-state index < -0.39 is 25.1 Å². The zero-order chi connectivity index (χ0) is 15.9. The third kappa shape index (κ3) is 4.26. The van der Waals surface area contributed by atoms with Gasteiger partial charge < -0.3 is 14.6 Å². The molecule has 4 nitrogen and oxygen atoms in total. The fourth-order valence-corrected chi connectivity index (χ4v) is 1.66. The molecule has 0 amide bonds. The molecule has 0 fully saturated rings. The van der Waals surface area contributed by atoms with E-state index >= 15 is 0 Å². The summed E-state index contributed by atoms with van der Waals surface area (Å²) in [5.41, 5.74) is 0.0968. The molecule has 0 saturated carbocycles. The van der Waals surface area contributed by atoms with Crippen LogP contribution in [0, 0.1) is 0 Å². The monoisotopic (exact) mass is 308 g/mol. The Morgan fingerprint density at radius 2 is 1.59 bits per heavy atom. The van der Waals surface area contributed by atoms with Gasteiger partial charge in [-0.25, -0.2) is 13.6 Å². The van der Waals surface area contributed by atoms with Crippen LogP contribution < -0.4 is 4.74 Å². The van der Waals surface area contributed by atoms with Crippen molar-refractivity contribution in [3.8, 4) is 11.5 Å². The van der Waals surface area contributed by atoms with Crippen LogP contribution in [0.15, 0.2) is 54.6 Å². The fourth-order valence-electron chi connectivity index (χ4n) is 1.66. The largest absolute Gasteiger partial charge is 0.457 e. The van der Waals surface area contributed by atoms with Crippen molar-refractivity contribution in [3.63, 3.8) is 0 Å². The standard InChI is InChI=1S/C16H14F2O4/c17-15(18)14(10-19)22-16(20)11-6-8-13(9-7-11)21-12-4-2-1-3-5-12/h1-9,14-15,19H,10H2. The number of carbonyl (C=O) groups excluding carboxylic acids is 1. The van der Waals surface area contributed by atoms with E-state index in [0.717, 1.165) is 0 Å². The summed E-state index contributed by atoms with van der Waals surface area (Å²) in [5, 5.41) is 8.72. The normalized spacial score (nSPS) is 12.0. The second-order valence-corrected chi connectivity index (χ2v) is 4.40. The van der Waals surface area contributed by atoms with Crippen molar-refractivity contribution in [2.45, 2.75) is 12.5 Å². The summed E-state index contributed by atoms with van der Waals surface area (Å²) in [4.78, 5) is 11.7. The molecule has 2 rings (SSSR count). The summed E-state index contributed by atoms with van der Waals surface area (Å²) in [5.74, 6) is 0.205. The van der Waals surface area contributed by atoms with Gasteiger partial charge in [0, 0.05) is 0 Å². The van der Waals surface area contributed by atoms with Crippen LogP contribution in [-0.2, 0) is 4.74 Å². The number of hydrogen-bond acceptors (Lipinski definition) is 4. The number of esters is 1. The maximum Gasteiger partial charge on any atom is 0.338 e. The van der Waals surface area contributed by atoms with Gasteiger partial charge in [0.25, 0.3) is 6.43 Å². The minimum Gasteiger partial charge on any atom is -0.457 e. The zero-order valence-corrected chi connectivity index (χ0v) is 11.5. The van der Waals surface area contributed by atoms with E-state index in [1.807, 2.05) is 18.2 Å². The van der Waals surface area contributed by atoms with Crippen LogP contribution in [0.3, 0.4) is 0 Å². The lowest BCUT2D eigenvalue weighted by molar-refractivity contribution is -0.0546. The Balaban J connectivity index is 2.00. The Labute approximate surface area is 125 Å². The quantitative estimate of drug-likeness (QED) is 0.832. The highest BCUT2D eigenvalue weighted by Gasteiger charge is 2.24. The average molecular weight is 308 g/mol. The number of aliphatic hydroxyl groups is 1. The average Bonchev–Trinajstić information content (AvgIpc) is 2.53. The molecule has 0 aliphatic carbocycles. The Bertz CT molecular complexity index is 599. The van der Waals surface area contributed by atoms with E-state index in [1.165, 1.54) is 24.3 Å². The van der Waals surface area contributed by atoms with E-state index in [2.05, 4.69) is 4.74 Å². The van der Waals surface area contributed by atoms with Gasteiger partial charge in [-0.3, -0.25) is 0 Å². The predicted molar refractivity (Wildman–Crippen MR) is 75.3 cm³/mol. The van der Waals surface area contributed by atoms with Crippen LogP contribution in [-0.4, -0.2) is 30.2 Å². The predicted octanol–water partition coefficient (Wildman–Crippen LogP) is 3.26. The van der Waals surface area contributed by atoms with E-state index in [4.69, 9.17) is 9.84 Å². The van der Waals surface area contributed by atoms with E-state index in [0.29, 0.717) is 11.5 Å². The Kier molecular flexibility index (Phi) is 5.43. The molecule has 2 aromatic rings. The number of para-hydroxylation sites is 1. The zero-order valence-electron chi connectivity index (χ0n) is 11.5. The van der Waals surface area contributed by atoms with Gasteiger partial charge in [-0.05, 0) is 36.4 Å². The van der Waals surface area contributed by atoms with Gasteiger partial charge in [-0.15, -0.1) is 0 Å². The highest BCUT2D eigenvalue weighted by atomic mass is 19.3.